The molecule has 0 spiro atoms. The molecule has 0 aliphatic rings. The van der Waals surface area contributed by atoms with Crippen LogP contribution in [0.1, 0.15) is 13.8 Å². The number of rotatable bonds is 4. The fourth-order valence-electron chi connectivity index (χ4n) is 0.497. The minimum Gasteiger partial charge on any atom is -0.352 e. The minimum absolute atomic E-state index is 0.0279. The van der Waals surface area contributed by atoms with E-state index in [2.05, 4.69) is 11.9 Å². The molecular formula is C8H16N2O. The van der Waals surface area contributed by atoms with Crippen molar-refractivity contribution in [3.8, 4) is 0 Å². The fraction of sp³-hybridized carbons (Fsp3) is 0.625. The van der Waals surface area contributed by atoms with Crippen molar-refractivity contribution < 1.29 is 4.79 Å². The van der Waals surface area contributed by atoms with Crippen LogP contribution in [0.3, 0.4) is 0 Å². The third-order valence-corrected chi connectivity index (χ3v) is 1.53. The van der Waals surface area contributed by atoms with Crippen LogP contribution in [0.15, 0.2) is 12.7 Å². The van der Waals surface area contributed by atoms with Crippen molar-refractivity contribution in [3.63, 3.8) is 0 Å². The van der Waals surface area contributed by atoms with E-state index in [1.807, 2.05) is 13.8 Å². The van der Waals surface area contributed by atoms with Gasteiger partial charge in [0.15, 0.2) is 0 Å². The molecule has 0 aliphatic carbocycles. The maximum Gasteiger partial charge on any atom is 0.227 e. The molecule has 11 heavy (non-hydrogen) atoms. The Balaban J connectivity index is 3.91. The highest BCUT2D eigenvalue weighted by Gasteiger charge is 2.24. The fourth-order valence-corrected chi connectivity index (χ4v) is 0.497. The lowest BCUT2D eigenvalue weighted by Gasteiger charge is -2.20. The summed E-state index contributed by atoms with van der Waals surface area (Å²) in [5.74, 6) is -0.0279. The summed E-state index contributed by atoms with van der Waals surface area (Å²) >= 11 is 0. The van der Waals surface area contributed by atoms with Gasteiger partial charge in [0, 0.05) is 13.1 Å². The summed E-state index contributed by atoms with van der Waals surface area (Å²) in [7, 11) is 0. The van der Waals surface area contributed by atoms with Gasteiger partial charge in [0.05, 0.1) is 5.41 Å². The summed E-state index contributed by atoms with van der Waals surface area (Å²) in [6.07, 6.45) is 1.64. The number of amides is 1. The number of carbonyl (C=O) groups is 1. The molecule has 0 saturated heterocycles. The molecule has 0 bridgehead atoms. The van der Waals surface area contributed by atoms with Crippen molar-refractivity contribution in [1.82, 2.24) is 5.32 Å². The van der Waals surface area contributed by atoms with E-state index >= 15 is 0 Å². The van der Waals surface area contributed by atoms with Crippen molar-refractivity contribution in [2.24, 2.45) is 11.1 Å². The molecule has 0 rings (SSSR count). The zero-order valence-electron chi connectivity index (χ0n) is 7.18. The second-order valence-electron chi connectivity index (χ2n) is 3.09. The number of nitrogens with two attached hydrogens (primary N) is 1. The van der Waals surface area contributed by atoms with Crippen LogP contribution in [0.5, 0.6) is 0 Å². The molecule has 0 aromatic rings. The second kappa shape index (κ2) is 4.13. The summed E-state index contributed by atoms with van der Waals surface area (Å²) in [6, 6.07) is 0. The zero-order chi connectivity index (χ0) is 8.91. The third-order valence-electron chi connectivity index (χ3n) is 1.53. The minimum atomic E-state index is -0.469. The Morgan fingerprint density at radius 1 is 1.73 bits per heavy atom. The Kier molecular flexibility index (Phi) is 3.82. The van der Waals surface area contributed by atoms with Gasteiger partial charge in [-0.1, -0.05) is 6.08 Å². The van der Waals surface area contributed by atoms with Crippen LogP contribution in [-0.4, -0.2) is 19.0 Å². The Morgan fingerprint density at radius 3 is 2.64 bits per heavy atom. The maximum atomic E-state index is 11.2. The average molecular weight is 156 g/mol. The van der Waals surface area contributed by atoms with Crippen LogP contribution in [0.25, 0.3) is 0 Å². The predicted octanol–water partition coefficient (Wildman–Crippen LogP) is 0.273. The molecule has 0 heterocycles. The third kappa shape index (κ3) is 3.18. The number of nitrogens with one attached hydrogen (secondary N) is 1. The first kappa shape index (κ1) is 10.2. The van der Waals surface area contributed by atoms with E-state index in [1.54, 1.807) is 6.08 Å². The molecule has 0 aromatic heterocycles. The summed E-state index contributed by atoms with van der Waals surface area (Å²) in [4.78, 5) is 11.2. The molecule has 1 amide bonds. The first-order chi connectivity index (χ1) is 5.04. The van der Waals surface area contributed by atoms with Gasteiger partial charge in [-0.15, -0.1) is 6.58 Å². The van der Waals surface area contributed by atoms with E-state index in [0.29, 0.717) is 13.1 Å². The van der Waals surface area contributed by atoms with Crippen LogP contribution in [0.4, 0.5) is 0 Å². The van der Waals surface area contributed by atoms with Gasteiger partial charge in [-0.2, -0.15) is 0 Å². The van der Waals surface area contributed by atoms with E-state index in [0.717, 1.165) is 0 Å². The van der Waals surface area contributed by atoms with Crippen LogP contribution in [0, 0.1) is 5.41 Å². The molecule has 0 unspecified atom stereocenters. The highest BCUT2D eigenvalue weighted by molar-refractivity contribution is 5.82. The van der Waals surface area contributed by atoms with Gasteiger partial charge in [0.1, 0.15) is 0 Å². The van der Waals surface area contributed by atoms with Gasteiger partial charge in [0.25, 0.3) is 0 Å². The highest BCUT2D eigenvalue weighted by atomic mass is 16.2. The first-order valence-electron chi connectivity index (χ1n) is 3.64. The smallest absolute Gasteiger partial charge is 0.227 e. The van der Waals surface area contributed by atoms with Crippen LogP contribution in [0.2, 0.25) is 0 Å². The van der Waals surface area contributed by atoms with E-state index < -0.39 is 5.41 Å². The maximum absolute atomic E-state index is 11.2. The van der Waals surface area contributed by atoms with Crippen molar-refractivity contribution in [2.75, 3.05) is 13.1 Å². The summed E-state index contributed by atoms with van der Waals surface area (Å²) in [5, 5.41) is 2.69. The van der Waals surface area contributed by atoms with Crippen LogP contribution < -0.4 is 11.1 Å². The van der Waals surface area contributed by atoms with Crippen molar-refractivity contribution in [2.45, 2.75) is 13.8 Å². The molecule has 0 fully saturated rings. The lowest BCUT2D eigenvalue weighted by Crippen LogP contribution is -2.41. The van der Waals surface area contributed by atoms with Gasteiger partial charge in [-0.05, 0) is 13.8 Å². The highest BCUT2D eigenvalue weighted by Crippen LogP contribution is 2.11. The summed E-state index contributed by atoms with van der Waals surface area (Å²) in [6.45, 7) is 7.98. The quantitative estimate of drug-likeness (QED) is 0.574. The largest absolute Gasteiger partial charge is 0.352 e. The molecule has 0 aliphatic heterocycles. The van der Waals surface area contributed by atoms with Gasteiger partial charge in [-0.25, -0.2) is 0 Å². The van der Waals surface area contributed by atoms with E-state index in [4.69, 9.17) is 5.73 Å². The van der Waals surface area contributed by atoms with Crippen LogP contribution in [-0.2, 0) is 4.79 Å². The van der Waals surface area contributed by atoms with Crippen molar-refractivity contribution in [3.05, 3.63) is 12.7 Å². The summed E-state index contributed by atoms with van der Waals surface area (Å²) < 4.78 is 0. The van der Waals surface area contributed by atoms with Gasteiger partial charge >= 0.3 is 0 Å². The Labute approximate surface area is 67.7 Å². The first-order valence-corrected chi connectivity index (χ1v) is 3.64. The number of carbonyl (C=O) groups excluding carboxylic acids is 1. The SMILES string of the molecule is C=CCNC(=O)C(C)(C)CN. The molecule has 0 atom stereocenters. The molecular weight excluding hydrogens is 140 g/mol. The zero-order valence-corrected chi connectivity index (χ0v) is 7.18. The summed E-state index contributed by atoms with van der Waals surface area (Å²) in [5.41, 5.74) is 4.92. The Morgan fingerprint density at radius 2 is 2.27 bits per heavy atom. The van der Waals surface area contributed by atoms with Gasteiger partial charge in [0.2, 0.25) is 5.91 Å². The molecule has 3 nitrogen and oxygen atoms in total. The normalized spacial score (nSPS) is 10.8. The molecule has 0 radical (unpaired) electrons. The number of hydrogen-bond acceptors (Lipinski definition) is 2. The second-order valence-corrected chi connectivity index (χ2v) is 3.09. The Hall–Kier alpha value is -0.830. The van der Waals surface area contributed by atoms with Crippen molar-refractivity contribution in [1.29, 1.82) is 0 Å². The van der Waals surface area contributed by atoms with Gasteiger partial charge < -0.3 is 11.1 Å². The van der Waals surface area contributed by atoms with E-state index in [1.165, 1.54) is 0 Å². The Bertz CT molecular complexity index is 152. The lowest BCUT2D eigenvalue weighted by atomic mass is 9.93. The standard InChI is InChI=1S/C8H16N2O/c1-4-5-10-7(11)8(2,3)6-9/h4H,1,5-6,9H2,2-3H3,(H,10,11). The molecule has 0 saturated carbocycles. The monoisotopic (exact) mass is 156 g/mol. The molecule has 64 valence electrons. The van der Waals surface area contributed by atoms with Gasteiger partial charge in [-0.3, -0.25) is 4.79 Å². The van der Waals surface area contributed by atoms with E-state index in [9.17, 15) is 4.79 Å². The molecule has 3 N–H and O–H groups in total. The number of hydrogen-bond donors (Lipinski definition) is 2. The average Bonchev–Trinajstić information content (AvgIpc) is 2.00. The van der Waals surface area contributed by atoms with Crippen molar-refractivity contribution >= 4 is 5.91 Å². The molecule has 0 aromatic carbocycles. The van der Waals surface area contributed by atoms with E-state index in [-0.39, 0.29) is 5.91 Å². The lowest BCUT2D eigenvalue weighted by molar-refractivity contribution is -0.128. The molecule has 3 heteroatoms. The van der Waals surface area contributed by atoms with Crippen LogP contribution >= 0.6 is 0 Å². The topological polar surface area (TPSA) is 55.1 Å². The predicted molar refractivity (Wildman–Crippen MR) is 46.0 cm³/mol.